The van der Waals surface area contributed by atoms with Crippen LogP contribution in [0.5, 0.6) is 0 Å². The van der Waals surface area contributed by atoms with Crippen molar-refractivity contribution < 1.29 is 19.4 Å². The summed E-state index contributed by atoms with van der Waals surface area (Å²) in [4.78, 5) is 28.0. The van der Waals surface area contributed by atoms with Crippen molar-refractivity contribution in [3.05, 3.63) is 35.8 Å². The molecular weight excluding hydrogens is 453 g/mol. The molecular formula is C24H32FN7O3. The van der Waals surface area contributed by atoms with E-state index in [-0.39, 0.29) is 23.7 Å². The van der Waals surface area contributed by atoms with Crippen LogP contribution in [0, 0.1) is 0 Å². The Morgan fingerprint density at radius 3 is 2.71 bits per heavy atom. The minimum atomic E-state index is -1.67. The second-order valence-electron chi connectivity index (χ2n) is 9.86. The molecule has 0 bridgehead atoms. The highest BCUT2D eigenvalue weighted by Crippen LogP contribution is 2.29. The fourth-order valence-corrected chi connectivity index (χ4v) is 4.14. The number of nitrogens with two attached hydrogens (primary N) is 1. The summed E-state index contributed by atoms with van der Waals surface area (Å²) >= 11 is 0. The number of alkyl halides is 1. The molecule has 0 aromatic carbocycles. The van der Waals surface area contributed by atoms with Gasteiger partial charge in [0, 0.05) is 49.4 Å². The number of aromatic nitrogens is 4. The van der Waals surface area contributed by atoms with Crippen LogP contribution in [0.3, 0.4) is 0 Å². The molecule has 2 atom stereocenters. The van der Waals surface area contributed by atoms with Gasteiger partial charge in [-0.3, -0.25) is 9.36 Å². The van der Waals surface area contributed by atoms with Gasteiger partial charge in [0.2, 0.25) is 5.95 Å². The number of carbonyl (C=O) groups excluding carboxylic acids is 1. The Kier molecular flexibility index (Phi) is 6.65. The van der Waals surface area contributed by atoms with Crippen molar-refractivity contribution in [1.82, 2.24) is 19.5 Å². The average Bonchev–Trinajstić information content (AvgIpc) is 3.37. The van der Waals surface area contributed by atoms with E-state index in [0.717, 1.165) is 5.39 Å². The topological polar surface area (TPSA) is 142 Å². The minimum absolute atomic E-state index is 0.0383. The number of anilines is 2. The van der Waals surface area contributed by atoms with Crippen molar-refractivity contribution >= 4 is 28.6 Å². The molecule has 3 aromatic rings. The molecule has 35 heavy (non-hydrogen) atoms. The smallest absolute Gasteiger partial charge is 0.252 e. The number of pyridine rings is 1. The number of hydrogen-bond acceptors (Lipinski definition) is 8. The molecule has 1 aliphatic rings. The van der Waals surface area contributed by atoms with Crippen LogP contribution in [-0.4, -0.2) is 72.6 Å². The van der Waals surface area contributed by atoms with Crippen molar-refractivity contribution in [2.24, 2.45) is 5.73 Å². The van der Waals surface area contributed by atoms with Gasteiger partial charge >= 0.3 is 0 Å². The van der Waals surface area contributed by atoms with Crippen LogP contribution >= 0.6 is 0 Å². The van der Waals surface area contributed by atoms with Gasteiger partial charge in [0.25, 0.3) is 5.91 Å². The number of primary amides is 1. The quantitative estimate of drug-likeness (QED) is 0.379. The molecule has 5 N–H and O–H groups in total. The molecule has 1 amide bonds. The number of halogens is 1. The Morgan fingerprint density at radius 1 is 1.37 bits per heavy atom. The lowest BCUT2D eigenvalue weighted by atomic mass is 9.96. The molecule has 0 radical (unpaired) electrons. The Bertz CT molecular complexity index is 1240. The second-order valence-corrected chi connectivity index (χ2v) is 9.86. The van der Waals surface area contributed by atoms with E-state index < -0.39 is 23.8 Å². The highest BCUT2D eigenvalue weighted by molar-refractivity contribution is 6.00. The van der Waals surface area contributed by atoms with Gasteiger partial charge in [-0.2, -0.15) is 4.98 Å². The third-order valence-electron chi connectivity index (χ3n) is 6.02. The third-order valence-corrected chi connectivity index (χ3v) is 6.02. The van der Waals surface area contributed by atoms with Crippen molar-refractivity contribution in [2.45, 2.75) is 64.5 Å². The van der Waals surface area contributed by atoms with Crippen LogP contribution in [0.4, 0.5) is 16.0 Å². The number of hydrogen-bond donors (Lipinski definition) is 4. The zero-order valence-corrected chi connectivity index (χ0v) is 20.4. The second kappa shape index (κ2) is 9.38. The first-order valence-electron chi connectivity index (χ1n) is 11.7. The largest absolute Gasteiger partial charge is 0.391 e. The molecule has 1 aliphatic heterocycles. The summed E-state index contributed by atoms with van der Waals surface area (Å²) < 4.78 is 16.6. The molecule has 11 heteroatoms. The van der Waals surface area contributed by atoms with Crippen LogP contribution in [0.15, 0.2) is 24.5 Å². The third kappa shape index (κ3) is 5.20. The maximum Gasteiger partial charge on any atom is 0.252 e. The van der Waals surface area contributed by atoms with Crippen LogP contribution in [-0.2, 0) is 6.42 Å². The lowest BCUT2D eigenvalue weighted by Crippen LogP contribution is -2.35. The molecule has 0 saturated carbocycles. The lowest BCUT2D eigenvalue weighted by Gasteiger charge is -2.24. The van der Waals surface area contributed by atoms with E-state index in [9.17, 15) is 19.4 Å². The molecule has 0 spiro atoms. The maximum atomic E-state index is 14.9. The Labute approximate surface area is 203 Å². The van der Waals surface area contributed by atoms with Gasteiger partial charge in [0.15, 0.2) is 5.65 Å². The van der Waals surface area contributed by atoms with Crippen LogP contribution < -0.4 is 16.0 Å². The summed E-state index contributed by atoms with van der Waals surface area (Å²) in [6.45, 7) is 7.67. The molecule has 188 valence electrons. The van der Waals surface area contributed by atoms with Crippen molar-refractivity contribution in [3.63, 3.8) is 0 Å². The predicted octanol–water partition coefficient (Wildman–Crippen LogP) is 1.96. The summed E-state index contributed by atoms with van der Waals surface area (Å²) in [5, 5.41) is 24.0. The molecule has 1 saturated heterocycles. The first kappa shape index (κ1) is 24.8. The van der Waals surface area contributed by atoms with E-state index in [1.807, 2.05) is 24.8 Å². The normalized spacial score (nSPS) is 17.4. The molecule has 3 aromatic heterocycles. The molecule has 1 fully saturated rings. The number of amides is 1. The maximum absolute atomic E-state index is 14.9. The molecule has 4 rings (SSSR count). The van der Waals surface area contributed by atoms with Crippen molar-refractivity contribution in [3.8, 4) is 5.82 Å². The van der Waals surface area contributed by atoms with Gasteiger partial charge in [-0.1, -0.05) is 0 Å². The fraction of sp³-hybridized carbons (Fsp3) is 0.500. The fourth-order valence-electron chi connectivity index (χ4n) is 4.14. The Balaban J connectivity index is 1.85. The summed E-state index contributed by atoms with van der Waals surface area (Å²) in [6, 6.07) is 3.48. The van der Waals surface area contributed by atoms with Crippen molar-refractivity contribution in [2.75, 3.05) is 23.3 Å². The molecule has 0 unspecified atom stereocenters. The van der Waals surface area contributed by atoms with E-state index >= 15 is 0 Å². The predicted molar refractivity (Wildman–Crippen MR) is 132 cm³/mol. The summed E-state index contributed by atoms with van der Waals surface area (Å²) in [7, 11) is 0. The first-order chi connectivity index (χ1) is 16.4. The standard InChI is InChI=1S/C24H32FN7O3/c1-13(2)28-17-10-19(29-16(20(17)21(26)34)9-18(25)24(3,4)35)32-8-5-14-11-27-23(30-22(14)32)31-7-6-15(33)12-31/h5,8,10-11,13,15,18,33,35H,6-7,9,12H2,1-4H3,(H2,26,34)(H,28,29)/t15-,18+/m0/s1. The SMILES string of the molecule is CC(C)Nc1cc(-n2ccc3cnc(N4CC[C@H](O)C4)nc32)nc(C[C@@H](F)C(C)(C)O)c1C(N)=O. The van der Waals surface area contributed by atoms with E-state index in [1.165, 1.54) is 13.8 Å². The van der Waals surface area contributed by atoms with Gasteiger partial charge in [0.1, 0.15) is 12.0 Å². The van der Waals surface area contributed by atoms with Gasteiger partial charge in [-0.15, -0.1) is 0 Å². The monoisotopic (exact) mass is 485 g/mol. The number of β-amino-alcohol motifs (C(OH)–C–C–N with tert-alkyl or cyclic N) is 1. The molecule has 4 heterocycles. The van der Waals surface area contributed by atoms with Crippen LogP contribution in [0.25, 0.3) is 16.9 Å². The number of fused-ring (bicyclic) bond motifs is 1. The van der Waals surface area contributed by atoms with Crippen LogP contribution in [0.1, 0.15) is 50.2 Å². The van der Waals surface area contributed by atoms with E-state index in [1.54, 1.807) is 23.0 Å². The number of nitrogens with zero attached hydrogens (tertiary/aromatic N) is 5. The summed E-state index contributed by atoms with van der Waals surface area (Å²) in [5.74, 6) is 0.172. The van der Waals surface area contributed by atoms with E-state index in [4.69, 9.17) is 10.7 Å². The zero-order valence-electron chi connectivity index (χ0n) is 20.4. The molecule has 0 aliphatic carbocycles. The number of rotatable bonds is 8. The van der Waals surface area contributed by atoms with E-state index in [2.05, 4.69) is 15.3 Å². The van der Waals surface area contributed by atoms with Gasteiger partial charge in [0.05, 0.1) is 28.6 Å². The van der Waals surface area contributed by atoms with Gasteiger partial charge in [-0.05, 0) is 40.2 Å². The van der Waals surface area contributed by atoms with Crippen LogP contribution in [0.2, 0.25) is 0 Å². The lowest BCUT2D eigenvalue weighted by molar-refractivity contribution is -0.00307. The minimum Gasteiger partial charge on any atom is -0.391 e. The van der Waals surface area contributed by atoms with Crippen molar-refractivity contribution in [1.29, 1.82) is 0 Å². The van der Waals surface area contributed by atoms with Gasteiger partial charge in [-0.25, -0.2) is 14.4 Å². The summed E-state index contributed by atoms with van der Waals surface area (Å²) in [5.41, 5.74) is 5.29. The number of nitrogens with one attached hydrogen (secondary N) is 1. The average molecular weight is 486 g/mol. The zero-order chi connectivity index (χ0) is 25.5. The molecule has 10 nitrogen and oxygen atoms in total. The Morgan fingerprint density at radius 2 is 2.11 bits per heavy atom. The first-order valence-corrected chi connectivity index (χ1v) is 11.7. The number of aliphatic hydroxyl groups excluding tert-OH is 1. The van der Waals surface area contributed by atoms with Gasteiger partial charge < -0.3 is 26.2 Å². The number of aliphatic hydroxyl groups is 2. The number of carbonyl (C=O) groups is 1. The summed E-state index contributed by atoms with van der Waals surface area (Å²) in [6.07, 6.45) is 1.75. The highest BCUT2D eigenvalue weighted by atomic mass is 19.1. The Hall–Kier alpha value is -3.31. The highest BCUT2D eigenvalue weighted by Gasteiger charge is 2.30. The van der Waals surface area contributed by atoms with E-state index in [0.29, 0.717) is 42.6 Å².